The number of hydrogen-bond acceptors (Lipinski definition) is 4. The minimum Gasteiger partial charge on any atom is -0.490 e. The molecule has 1 aromatic carbocycles. The Morgan fingerprint density at radius 1 is 1.03 bits per heavy atom. The van der Waals surface area contributed by atoms with Crippen molar-refractivity contribution in [2.45, 2.75) is 57.1 Å². The van der Waals surface area contributed by atoms with Crippen molar-refractivity contribution in [1.29, 1.82) is 0 Å². The third-order valence-electron chi connectivity index (χ3n) is 6.31. The Morgan fingerprint density at radius 3 is 2.55 bits per heavy atom. The van der Waals surface area contributed by atoms with Crippen LogP contribution in [0.2, 0.25) is 0 Å². The van der Waals surface area contributed by atoms with E-state index in [0.29, 0.717) is 18.1 Å². The van der Waals surface area contributed by atoms with Crippen LogP contribution in [0.3, 0.4) is 0 Å². The zero-order chi connectivity index (χ0) is 20.2. The third kappa shape index (κ3) is 4.92. The normalized spacial score (nSPS) is 23.1. The molecule has 2 amide bonds. The van der Waals surface area contributed by atoms with E-state index in [4.69, 9.17) is 9.47 Å². The van der Waals surface area contributed by atoms with Crippen molar-refractivity contribution in [3.63, 3.8) is 0 Å². The van der Waals surface area contributed by atoms with Crippen LogP contribution in [0.1, 0.15) is 55.3 Å². The molecule has 4 rings (SSSR count). The number of benzene rings is 1. The van der Waals surface area contributed by atoms with Gasteiger partial charge < -0.3 is 19.3 Å². The summed E-state index contributed by atoms with van der Waals surface area (Å²) in [5, 5.41) is 0. The Hall–Kier alpha value is -2.08. The minimum absolute atomic E-state index is 0.0575. The molecule has 1 atom stereocenters. The highest BCUT2D eigenvalue weighted by Gasteiger charge is 2.35. The van der Waals surface area contributed by atoms with Crippen molar-refractivity contribution < 1.29 is 19.1 Å². The first-order chi connectivity index (χ1) is 14.2. The van der Waals surface area contributed by atoms with Crippen molar-refractivity contribution in [2.24, 2.45) is 5.92 Å². The van der Waals surface area contributed by atoms with Crippen molar-refractivity contribution in [2.75, 3.05) is 33.4 Å². The quantitative estimate of drug-likeness (QED) is 0.736. The number of ether oxygens (including phenoxy) is 2. The van der Waals surface area contributed by atoms with Gasteiger partial charge in [0, 0.05) is 51.1 Å². The van der Waals surface area contributed by atoms with E-state index in [2.05, 4.69) is 0 Å². The Kier molecular flexibility index (Phi) is 6.38. The zero-order valence-corrected chi connectivity index (χ0v) is 17.3. The average Bonchev–Trinajstić information content (AvgIpc) is 3.60. The first-order valence-corrected chi connectivity index (χ1v) is 11.0. The SMILES string of the molecule is COCC1CCCCN1C(=O)c1cccc(OC2CCN(C(=O)C3CC3)CC2)c1. The van der Waals surface area contributed by atoms with Gasteiger partial charge in [0.15, 0.2) is 0 Å². The lowest BCUT2D eigenvalue weighted by atomic mass is 10.0. The molecule has 2 heterocycles. The zero-order valence-electron chi connectivity index (χ0n) is 17.3. The molecule has 0 bridgehead atoms. The minimum atomic E-state index is 0.0575. The molecule has 1 aliphatic carbocycles. The van der Waals surface area contributed by atoms with Crippen LogP contribution >= 0.6 is 0 Å². The molecular formula is C23H32N2O4. The molecule has 3 aliphatic rings. The van der Waals surface area contributed by atoms with Crippen molar-refractivity contribution in [3.05, 3.63) is 29.8 Å². The second-order valence-corrected chi connectivity index (χ2v) is 8.55. The third-order valence-corrected chi connectivity index (χ3v) is 6.31. The molecule has 0 spiro atoms. The highest BCUT2D eigenvalue weighted by atomic mass is 16.5. The predicted octanol–water partition coefficient (Wildman–Crippen LogP) is 3.11. The molecule has 0 N–H and O–H groups in total. The maximum Gasteiger partial charge on any atom is 0.254 e. The molecule has 0 radical (unpaired) electrons. The van der Waals surface area contributed by atoms with Crippen LogP contribution in [0.25, 0.3) is 0 Å². The fourth-order valence-corrected chi connectivity index (χ4v) is 4.48. The van der Waals surface area contributed by atoms with Crippen LogP contribution in [-0.4, -0.2) is 67.1 Å². The maximum atomic E-state index is 13.1. The van der Waals surface area contributed by atoms with Crippen LogP contribution in [0, 0.1) is 5.92 Å². The number of nitrogens with zero attached hydrogens (tertiary/aromatic N) is 2. The van der Waals surface area contributed by atoms with Crippen molar-refractivity contribution in [3.8, 4) is 5.75 Å². The van der Waals surface area contributed by atoms with Gasteiger partial charge in [-0.25, -0.2) is 0 Å². The van der Waals surface area contributed by atoms with Gasteiger partial charge in [-0.2, -0.15) is 0 Å². The molecule has 29 heavy (non-hydrogen) atoms. The highest BCUT2D eigenvalue weighted by molar-refractivity contribution is 5.95. The summed E-state index contributed by atoms with van der Waals surface area (Å²) in [6.45, 7) is 2.90. The van der Waals surface area contributed by atoms with E-state index >= 15 is 0 Å². The summed E-state index contributed by atoms with van der Waals surface area (Å²) in [6, 6.07) is 7.69. The lowest BCUT2D eigenvalue weighted by Gasteiger charge is -2.35. The summed E-state index contributed by atoms with van der Waals surface area (Å²) < 4.78 is 11.5. The van der Waals surface area contributed by atoms with E-state index in [-0.39, 0.29) is 24.0 Å². The van der Waals surface area contributed by atoms with Crippen LogP contribution in [-0.2, 0) is 9.53 Å². The summed E-state index contributed by atoms with van der Waals surface area (Å²) in [5.74, 6) is 1.40. The molecule has 1 unspecified atom stereocenters. The van der Waals surface area contributed by atoms with Crippen molar-refractivity contribution in [1.82, 2.24) is 9.80 Å². The number of amides is 2. The Balaban J connectivity index is 1.35. The number of methoxy groups -OCH3 is 1. The molecule has 1 saturated carbocycles. The molecule has 6 heteroatoms. The largest absolute Gasteiger partial charge is 0.490 e. The maximum absolute atomic E-state index is 13.1. The van der Waals surface area contributed by atoms with E-state index in [0.717, 1.165) is 70.3 Å². The topological polar surface area (TPSA) is 59.1 Å². The van der Waals surface area contributed by atoms with Gasteiger partial charge in [0.05, 0.1) is 12.6 Å². The number of rotatable bonds is 6. The Labute approximate surface area is 173 Å². The predicted molar refractivity (Wildman–Crippen MR) is 110 cm³/mol. The first-order valence-electron chi connectivity index (χ1n) is 11.0. The van der Waals surface area contributed by atoms with Gasteiger partial charge in [0.25, 0.3) is 5.91 Å². The summed E-state index contributed by atoms with van der Waals surface area (Å²) in [7, 11) is 1.69. The number of hydrogen-bond donors (Lipinski definition) is 0. The molecule has 158 valence electrons. The summed E-state index contributed by atoms with van der Waals surface area (Å²) >= 11 is 0. The summed E-state index contributed by atoms with van der Waals surface area (Å²) in [4.78, 5) is 29.2. The van der Waals surface area contributed by atoms with Gasteiger partial charge in [-0.1, -0.05) is 6.07 Å². The smallest absolute Gasteiger partial charge is 0.254 e. The van der Waals surface area contributed by atoms with Gasteiger partial charge >= 0.3 is 0 Å². The van der Waals surface area contributed by atoms with Gasteiger partial charge in [-0.3, -0.25) is 9.59 Å². The van der Waals surface area contributed by atoms with E-state index in [1.54, 1.807) is 7.11 Å². The van der Waals surface area contributed by atoms with Gasteiger partial charge in [0.1, 0.15) is 11.9 Å². The standard InChI is InChI=1S/C23H32N2O4/c1-28-16-19-6-2-3-12-25(19)23(27)18-5-4-7-21(15-18)29-20-10-13-24(14-11-20)22(26)17-8-9-17/h4-5,7,15,17,19-20H,2-3,6,8-14,16H2,1H3. The molecule has 6 nitrogen and oxygen atoms in total. The second kappa shape index (κ2) is 9.16. The van der Waals surface area contributed by atoms with Crippen LogP contribution in [0.4, 0.5) is 0 Å². The number of piperidine rings is 2. The molecule has 0 aromatic heterocycles. The van der Waals surface area contributed by atoms with Crippen LogP contribution in [0.5, 0.6) is 5.75 Å². The van der Waals surface area contributed by atoms with E-state index < -0.39 is 0 Å². The fraction of sp³-hybridized carbons (Fsp3) is 0.652. The number of carbonyl (C=O) groups is 2. The van der Waals surface area contributed by atoms with E-state index in [1.165, 1.54) is 0 Å². The van der Waals surface area contributed by atoms with Crippen LogP contribution in [0.15, 0.2) is 24.3 Å². The summed E-state index contributed by atoms with van der Waals surface area (Å²) in [6.07, 6.45) is 7.07. The molecule has 3 fully saturated rings. The molecular weight excluding hydrogens is 368 g/mol. The summed E-state index contributed by atoms with van der Waals surface area (Å²) in [5.41, 5.74) is 0.673. The number of carbonyl (C=O) groups excluding carboxylic acids is 2. The number of likely N-dealkylation sites (tertiary alicyclic amines) is 2. The lowest BCUT2D eigenvalue weighted by molar-refractivity contribution is -0.134. The highest BCUT2D eigenvalue weighted by Crippen LogP contribution is 2.32. The Morgan fingerprint density at radius 2 is 1.83 bits per heavy atom. The van der Waals surface area contributed by atoms with Gasteiger partial charge in [-0.15, -0.1) is 0 Å². The monoisotopic (exact) mass is 400 g/mol. The van der Waals surface area contributed by atoms with Gasteiger partial charge in [0.2, 0.25) is 5.91 Å². The molecule has 2 aliphatic heterocycles. The fourth-order valence-electron chi connectivity index (χ4n) is 4.48. The van der Waals surface area contributed by atoms with E-state index in [1.807, 2.05) is 34.1 Å². The second-order valence-electron chi connectivity index (χ2n) is 8.55. The first kappa shape index (κ1) is 20.2. The average molecular weight is 401 g/mol. The van der Waals surface area contributed by atoms with Crippen LogP contribution < -0.4 is 4.74 Å². The van der Waals surface area contributed by atoms with E-state index in [9.17, 15) is 9.59 Å². The molecule has 1 aromatic rings. The molecule has 2 saturated heterocycles. The van der Waals surface area contributed by atoms with Gasteiger partial charge in [-0.05, 0) is 50.3 Å². The lowest BCUT2D eigenvalue weighted by Crippen LogP contribution is -2.46. The Bertz CT molecular complexity index is 723. The van der Waals surface area contributed by atoms with Crippen molar-refractivity contribution >= 4 is 11.8 Å².